The summed E-state index contributed by atoms with van der Waals surface area (Å²) in [4.78, 5) is 2.59. The molecule has 1 aliphatic carbocycles. The molecule has 1 atom stereocenters. The standard InChI is InChI=1S/C23H17BrFNOS/c1-12-8-16(25)22-18-11-14-10-15(24)4-5-17(14)26(18)23(27-19(22)9-12)21-7-6-20(28-21)13-2-3-13/h4-11,13,23H,2-3H2,1H3. The van der Waals surface area contributed by atoms with Crippen molar-refractivity contribution >= 4 is 38.2 Å². The largest absolute Gasteiger partial charge is 0.464 e. The third-order valence-corrected chi connectivity index (χ3v) is 7.37. The second-order valence-electron chi connectivity index (χ2n) is 7.71. The molecular weight excluding hydrogens is 437 g/mol. The van der Waals surface area contributed by atoms with Crippen LogP contribution in [0.3, 0.4) is 0 Å². The summed E-state index contributed by atoms with van der Waals surface area (Å²) in [5.41, 5.74) is 3.34. The van der Waals surface area contributed by atoms with Crippen molar-refractivity contribution in [3.8, 4) is 17.0 Å². The molecule has 0 radical (unpaired) electrons. The fourth-order valence-electron chi connectivity index (χ4n) is 4.15. The quantitative estimate of drug-likeness (QED) is 0.308. The maximum atomic E-state index is 15.0. The van der Waals surface area contributed by atoms with Gasteiger partial charge in [0.15, 0.2) is 0 Å². The van der Waals surface area contributed by atoms with Gasteiger partial charge >= 0.3 is 0 Å². The molecule has 0 bridgehead atoms. The van der Waals surface area contributed by atoms with Crippen molar-refractivity contribution in [2.45, 2.75) is 31.9 Å². The van der Waals surface area contributed by atoms with E-state index in [0.717, 1.165) is 31.5 Å². The van der Waals surface area contributed by atoms with Gasteiger partial charge in [-0.3, -0.25) is 4.57 Å². The predicted molar refractivity (Wildman–Crippen MR) is 115 cm³/mol. The molecule has 2 nitrogen and oxygen atoms in total. The van der Waals surface area contributed by atoms with Gasteiger partial charge in [0.05, 0.1) is 21.7 Å². The van der Waals surface area contributed by atoms with Gasteiger partial charge in [-0.15, -0.1) is 11.3 Å². The maximum absolute atomic E-state index is 15.0. The molecule has 3 heterocycles. The number of benzene rings is 2. The van der Waals surface area contributed by atoms with Crippen molar-refractivity contribution in [3.05, 3.63) is 74.1 Å². The third-order valence-electron chi connectivity index (χ3n) is 5.60. The van der Waals surface area contributed by atoms with Crippen LogP contribution in [0.1, 0.15) is 40.3 Å². The summed E-state index contributed by atoms with van der Waals surface area (Å²) in [6.07, 6.45) is 2.29. The van der Waals surface area contributed by atoms with Gasteiger partial charge in [-0.25, -0.2) is 4.39 Å². The van der Waals surface area contributed by atoms with Crippen LogP contribution >= 0.6 is 27.3 Å². The third kappa shape index (κ3) is 2.49. The number of ether oxygens (including phenoxy) is 1. The lowest BCUT2D eigenvalue weighted by atomic mass is 10.1. The highest BCUT2D eigenvalue weighted by Crippen LogP contribution is 2.49. The molecule has 0 amide bonds. The Morgan fingerprint density at radius 3 is 2.71 bits per heavy atom. The minimum absolute atomic E-state index is 0.235. The summed E-state index contributed by atoms with van der Waals surface area (Å²) in [5.74, 6) is 1.10. The van der Waals surface area contributed by atoms with Gasteiger partial charge < -0.3 is 4.74 Å². The van der Waals surface area contributed by atoms with E-state index in [9.17, 15) is 4.39 Å². The van der Waals surface area contributed by atoms with Crippen LogP contribution in [-0.2, 0) is 0 Å². The SMILES string of the molecule is Cc1cc(F)c2c(c1)OC(c1ccc(C3CC3)s1)n1c-2cc2cc(Br)ccc21. The summed E-state index contributed by atoms with van der Waals surface area (Å²) in [7, 11) is 0. The van der Waals surface area contributed by atoms with Gasteiger partial charge in [-0.1, -0.05) is 15.9 Å². The molecule has 0 spiro atoms. The number of fused-ring (bicyclic) bond motifs is 5. The van der Waals surface area contributed by atoms with Crippen molar-refractivity contribution in [1.82, 2.24) is 4.57 Å². The molecule has 2 aromatic heterocycles. The zero-order chi connectivity index (χ0) is 19.0. The van der Waals surface area contributed by atoms with Gasteiger partial charge in [0, 0.05) is 14.7 Å². The Morgan fingerprint density at radius 1 is 1.07 bits per heavy atom. The average molecular weight is 454 g/mol. The summed E-state index contributed by atoms with van der Waals surface area (Å²) >= 11 is 5.38. The first-order valence-electron chi connectivity index (χ1n) is 9.46. The van der Waals surface area contributed by atoms with E-state index in [2.05, 4.69) is 50.8 Å². The lowest BCUT2D eigenvalue weighted by molar-refractivity contribution is 0.176. The van der Waals surface area contributed by atoms with Gasteiger partial charge in [0.1, 0.15) is 11.6 Å². The minimum atomic E-state index is -0.278. The highest BCUT2D eigenvalue weighted by atomic mass is 79.9. The number of nitrogens with zero attached hydrogens (tertiary/aromatic N) is 1. The number of aryl methyl sites for hydroxylation is 1. The highest BCUT2D eigenvalue weighted by Gasteiger charge is 2.33. The zero-order valence-corrected chi connectivity index (χ0v) is 17.6. The van der Waals surface area contributed by atoms with Crippen LogP contribution in [0.25, 0.3) is 22.2 Å². The van der Waals surface area contributed by atoms with E-state index in [4.69, 9.17) is 4.74 Å². The van der Waals surface area contributed by atoms with Gasteiger partial charge in [0.2, 0.25) is 6.23 Å². The second-order valence-corrected chi connectivity index (χ2v) is 9.77. The molecule has 4 aromatic rings. The van der Waals surface area contributed by atoms with Crippen LogP contribution in [0, 0.1) is 12.7 Å². The summed E-state index contributed by atoms with van der Waals surface area (Å²) in [6, 6.07) is 16.2. The Kier molecular flexibility index (Phi) is 3.57. The van der Waals surface area contributed by atoms with Crippen LogP contribution in [-0.4, -0.2) is 4.57 Å². The van der Waals surface area contributed by atoms with Crippen LogP contribution in [0.2, 0.25) is 0 Å². The van der Waals surface area contributed by atoms with Crippen molar-refractivity contribution < 1.29 is 9.13 Å². The molecule has 1 fully saturated rings. The maximum Gasteiger partial charge on any atom is 0.212 e. The smallest absolute Gasteiger partial charge is 0.212 e. The molecule has 1 unspecified atom stereocenters. The van der Waals surface area contributed by atoms with Crippen molar-refractivity contribution in [2.75, 3.05) is 0 Å². The highest BCUT2D eigenvalue weighted by molar-refractivity contribution is 9.10. The Labute approximate surface area is 174 Å². The lowest BCUT2D eigenvalue weighted by Crippen LogP contribution is -2.22. The molecular formula is C23H17BrFNOS. The molecule has 28 heavy (non-hydrogen) atoms. The molecule has 2 aromatic carbocycles. The van der Waals surface area contributed by atoms with E-state index in [-0.39, 0.29) is 12.0 Å². The average Bonchev–Trinajstić information content (AvgIpc) is 3.26. The van der Waals surface area contributed by atoms with Gasteiger partial charge in [-0.2, -0.15) is 0 Å². The number of aromatic nitrogens is 1. The van der Waals surface area contributed by atoms with E-state index in [1.165, 1.54) is 17.7 Å². The minimum Gasteiger partial charge on any atom is -0.464 e. The van der Waals surface area contributed by atoms with E-state index < -0.39 is 0 Å². The molecule has 0 N–H and O–H groups in total. The fourth-order valence-corrected chi connectivity index (χ4v) is 5.73. The second kappa shape index (κ2) is 5.94. The Morgan fingerprint density at radius 2 is 1.89 bits per heavy atom. The van der Waals surface area contributed by atoms with Crippen molar-refractivity contribution in [1.29, 1.82) is 0 Å². The molecule has 140 valence electrons. The Balaban J connectivity index is 1.62. The van der Waals surface area contributed by atoms with Crippen LogP contribution in [0.5, 0.6) is 5.75 Å². The summed E-state index contributed by atoms with van der Waals surface area (Å²) in [5, 5.41) is 1.07. The summed E-state index contributed by atoms with van der Waals surface area (Å²) < 4.78 is 24.6. The number of hydrogen-bond acceptors (Lipinski definition) is 2. The van der Waals surface area contributed by atoms with Crippen molar-refractivity contribution in [3.63, 3.8) is 0 Å². The Bertz CT molecular complexity index is 1250. The normalized spacial score (nSPS) is 18.0. The molecule has 0 saturated heterocycles. The summed E-state index contributed by atoms with van der Waals surface area (Å²) in [6.45, 7) is 1.90. The number of halogens is 2. The van der Waals surface area contributed by atoms with Crippen molar-refractivity contribution in [2.24, 2.45) is 0 Å². The topological polar surface area (TPSA) is 14.2 Å². The van der Waals surface area contributed by atoms with E-state index in [1.54, 1.807) is 6.07 Å². The number of rotatable bonds is 2. The fraction of sp³-hybridized carbons (Fsp3) is 0.217. The monoisotopic (exact) mass is 453 g/mol. The van der Waals surface area contributed by atoms with Crippen LogP contribution in [0.15, 0.2) is 53.0 Å². The van der Waals surface area contributed by atoms with E-state index in [1.807, 2.05) is 30.4 Å². The van der Waals surface area contributed by atoms with Gasteiger partial charge in [0.25, 0.3) is 0 Å². The molecule has 1 aliphatic heterocycles. The first-order chi connectivity index (χ1) is 13.6. The van der Waals surface area contributed by atoms with Crippen LogP contribution in [0.4, 0.5) is 4.39 Å². The first kappa shape index (κ1) is 16.8. The zero-order valence-electron chi connectivity index (χ0n) is 15.2. The molecule has 2 aliphatic rings. The predicted octanol–water partition coefficient (Wildman–Crippen LogP) is 7.40. The van der Waals surface area contributed by atoms with Gasteiger partial charge in [-0.05, 0) is 79.8 Å². The lowest BCUT2D eigenvalue weighted by Gasteiger charge is -2.30. The van der Waals surface area contributed by atoms with E-state index in [0.29, 0.717) is 17.2 Å². The molecule has 1 saturated carbocycles. The molecule has 6 rings (SSSR count). The number of hydrogen-bond donors (Lipinski definition) is 0. The molecule has 5 heteroatoms. The first-order valence-corrected chi connectivity index (χ1v) is 11.1. The Hall–Kier alpha value is -2.11. The van der Waals surface area contributed by atoms with E-state index >= 15 is 0 Å². The number of thiophene rings is 1. The van der Waals surface area contributed by atoms with Crippen LogP contribution < -0.4 is 4.74 Å².